The zero-order valence-corrected chi connectivity index (χ0v) is 11.0. The molecule has 2 nitrogen and oxygen atoms in total. The van der Waals surface area contributed by atoms with Crippen molar-refractivity contribution in [3.05, 3.63) is 0 Å². The number of hydrogen-bond acceptors (Lipinski definition) is 2. The van der Waals surface area contributed by atoms with Crippen LogP contribution in [0.3, 0.4) is 0 Å². The van der Waals surface area contributed by atoms with Gasteiger partial charge in [-0.15, -0.1) is 0 Å². The summed E-state index contributed by atoms with van der Waals surface area (Å²) in [6.45, 7) is 5.96. The average molecular weight is 229 g/mol. The first kappa shape index (κ1) is 12.9. The topological polar surface area (TPSA) is 20.3 Å². The lowest BCUT2D eigenvalue weighted by Gasteiger charge is -2.33. The van der Waals surface area contributed by atoms with E-state index in [0.717, 1.165) is 19.0 Å². The molecule has 0 radical (unpaired) electrons. The minimum Gasteiger partial charge on any atom is -0.342 e. The molecule has 1 unspecified atom stereocenters. The van der Waals surface area contributed by atoms with Gasteiger partial charge < -0.3 is 4.90 Å². The summed E-state index contributed by atoms with van der Waals surface area (Å²) < 4.78 is 0. The van der Waals surface area contributed by atoms with E-state index in [1.165, 1.54) is 25.0 Å². The molecule has 0 N–H and O–H groups in total. The Morgan fingerprint density at radius 2 is 2.27 bits per heavy atom. The van der Waals surface area contributed by atoms with Gasteiger partial charge in [-0.3, -0.25) is 4.79 Å². The summed E-state index contributed by atoms with van der Waals surface area (Å²) in [5.41, 5.74) is 0. The Labute approximate surface area is 97.8 Å². The molecule has 3 heteroatoms. The number of amides is 1. The summed E-state index contributed by atoms with van der Waals surface area (Å²) in [5, 5.41) is 0. The molecular formula is C12H23NOS. The van der Waals surface area contributed by atoms with Crippen molar-refractivity contribution in [2.24, 2.45) is 11.8 Å². The SMILES string of the molecule is CSCCC1CCCN(C(=O)C(C)C)C1. The molecule has 0 saturated carbocycles. The van der Waals surface area contributed by atoms with Crippen molar-refractivity contribution in [1.29, 1.82) is 0 Å². The fourth-order valence-corrected chi connectivity index (χ4v) is 2.72. The number of carbonyl (C=O) groups is 1. The second-order valence-electron chi connectivity index (χ2n) is 4.73. The monoisotopic (exact) mass is 229 g/mol. The first-order valence-electron chi connectivity index (χ1n) is 5.93. The molecule has 1 aliphatic rings. The van der Waals surface area contributed by atoms with Crippen molar-refractivity contribution in [1.82, 2.24) is 4.90 Å². The first-order chi connectivity index (χ1) is 7.15. The summed E-state index contributed by atoms with van der Waals surface area (Å²) in [6.07, 6.45) is 5.92. The molecule has 1 heterocycles. The lowest BCUT2D eigenvalue weighted by molar-refractivity contribution is -0.136. The number of nitrogens with zero attached hydrogens (tertiary/aromatic N) is 1. The first-order valence-corrected chi connectivity index (χ1v) is 7.32. The minimum absolute atomic E-state index is 0.157. The van der Waals surface area contributed by atoms with Crippen molar-refractivity contribution in [2.45, 2.75) is 33.1 Å². The molecule has 0 spiro atoms. The van der Waals surface area contributed by atoms with Crippen LogP contribution in [0.15, 0.2) is 0 Å². The highest BCUT2D eigenvalue weighted by molar-refractivity contribution is 7.98. The van der Waals surface area contributed by atoms with E-state index >= 15 is 0 Å². The Bertz CT molecular complexity index is 206. The normalized spacial score (nSPS) is 22.1. The van der Waals surface area contributed by atoms with Crippen LogP contribution in [0.1, 0.15) is 33.1 Å². The third kappa shape index (κ3) is 4.06. The minimum atomic E-state index is 0.157. The van der Waals surface area contributed by atoms with Gasteiger partial charge in [0, 0.05) is 19.0 Å². The number of carbonyl (C=O) groups excluding carboxylic acids is 1. The number of likely N-dealkylation sites (tertiary alicyclic amines) is 1. The predicted molar refractivity (Wildman–Crippen MR) is 67.1 cm³/mol. The van der Waals surface area contributed by atoms with Gasteiger partial charge in [-0.05, 0) is 37.2 Å². The van der Waals surface area contributed by atoms with Crippen molar-refractivity contribution in [3.63, 3.8) is 0 Å². The maximum absolute atomic E-state index is 11.8. The van der Waals surface area contributed by atoms with E-state index in [4.69, 9.17) is 0 Å². The Morgan fingerprint density at radius 1 is 1.53 bits per heavy atom. The van der Waals surface area contributed by atoms with Gasteiger partial charge in [0.15, 0.2) is 0 Å². The largest absolute Gasteiger partial charge is 0.342 e. The van der Waals surface area contributed by atoms with Crippen LogP contribution in [0.25, 0.3) is 0 Å². The summed E-state index contributed by atoms with van der Waals surface area (Å²) in [5.74, 6) is 2.47. The Kier molecular flexibility index (Phi) is 5.51. The highest BCUT2D eigenvalue weighted by Gasteiger charge is 2.24. The molecule has 15 heavy (non-hydrogen) atoms. The standard InChI is InChI=1S/C12H23NOS/c1-10(2)12(14)13-7-4-5-11(9-13)6-8-15-3/h10-11H,4-9H2,1-3H3. The van der Waals surface area contributed by atoms with E-state index in [9.17, 15) is 4.79 Å². The van der Waals surface area contributed by atoms with Crippen LogP contribution >= 0.6 is 11.8 Å². The third-order valence-corrected chi connectivity index (χ3v) is 3.70. The van der Waals surface area contributed by atoms with Gasteiger partial charge in [0.2, 0.25) is 5.91 Å². The molecule has 0 aromatic rings. The molecule has 1 aliphatic heterocycles. The molecule has 0 bridgehead atoms. The van der Waals surface area contributed by atoms with Crippen LogP contribution < -0.4 is 0 Å². The van der Waals surface area contributed by atoms with Gasteiger partial charge in [0.05, 0.1) is 0 Å². The van der Waals surface area contributed by atoms with Crippen LogP contribution in [0.2, 0.25) is 0 Å². The fourth-order valence-electron chi connectivity index (χ4n) is 2.15. The average Bonchev–Trinajstić information content (AvgIpc) is 2.25. The Balaban J connectivity index is 2.38. The van der Waals surface area contributed by atoms with Crippen LogP contribution in [0.5, 0.6) is 0 Å². The van der Waals surface area contributed by atoms with E-state index < -0.39 is 0 Å². The molecule has 0 aromatic carbocycles. The van der Waals surface area contributed by atoms with Crippen molar-refractivity contribution in [3.8, 4) is 0 Å². The van der Waals surface area contributed by atoms with Gasteiger partial charge in [-0.2, -0.15) is 11.8 Å². The van der Waals surface area contributed by atoms with Gasteiger partial charge in [0.25, 0.3) is 0 Å². The highest BCUT2D eigenvalue weighted by Crippen LogP contribution is 2.22. The summed E-state index contributed by atoms with van der Waals surface area (Å²) >= 11 is 1.91. The number of piperidine rings is 1. The van der Waals surface area contributed by atoms with Gasteiger partial charge in [0.1, 0.15) is 0 Å². The van der Waals surface area contributed by atoms with E-state index in [1.807, 2.05) is 25.6 Å². The molecule has 1 saturated heterocycles. The van der Waals surface area contributed by atoms with E-state index in [1.54, 1.807) is 0 Å². The second-order valence-corrected chi connectivity index (χ2v) is 5.71. The van der Waals surface area contributed by atoms with Crippen LogP contribution in [-0.4, -0.2) is 35.9 Å². The predicted octanol–water partition coefficient (Wildman–Crippen LogP) is 2.63. The molecule has 0 aliphatic carbocycles. The van der Waals surface area contributed by atoms with E-state index in [0.29, 0.717) is 5.91 Å². The number of hydrogen-bond donors (Lipinski definition) is 0. The molecule has 88 valence electrons. The van der Waals surface area contributed by atoms with E-state index in [-0.39, 0.29) is 5.92 Å². The zero-order valence-electron chi connectivity index (χ0n) is 10.2. The quantitative estimate of drug-likeness (QED) is 0.738. The molecule has 1 fully saturated rings. The van der Waals surface area contributed by atoms with E-state index in [2.05, 4.69) is 11.2 Å². The molecule has 1 rings (SSSR count). The molecule has 1 atom stereocenters. The highest BCUT2D eigenvalue weighted by atomic mass is 32.2. The van der Waals surface area contributed by atoms with Crippen LogP contribution in [0.4, 0.5) is 0 Å². The van der Waals surface area contributed by atoms with Crippen LogP contribution in [-0.2, 0) is 4.79 Å². The van der Waals surface area contributed by atoms with Crippen molar-refractivity contribution >= 4 is 17.7 Å². The van der Waals surface area contributed by atoms with Crippen LogP contribution in [0, 0.1) is 11.8 Å². The second kappa shape index (κ2) is 6.41. The maximum Gasteiger partial charge on any atom is 0.225 e. The lowest BCUT2D eigenvalue weighted by atomic mass is 9.95. The Hall–Kier alpha value is -0.180. The van der Waals surface area contributed by atoms with Gasteiger partial charge in [-0.25, -0.2) is 0 Å². The lowest BCUT2D eigenvalue weighted by Crippen LogP contribution is -2.42. The summed E-state index contributed by atoms with van der Waals surface area (Å²) in [6, 6.07) is 0. The number of thioether (sulfide) groups is 1. The summed E-state index contributed by atoms with van der Waals surface area (Å²) in [4.78, 5) is 13.9. The van der Waals surface area contributed by atoms with Gasteiger partial charge >= 0.3 is 0 Å². The van der Waals surface area contributed by atoms with Crippen molar-refractivity contribution < 1.29 is 4.79 Å². The zero-order chi connectivity index (χ0) is 11.3. The van der Waals surface area contributed by atoms with Crippen molar-refractivity contribution in [2.75, 3.05) is 25.1 Å². The smallest absolute Gasteiger partial charge is 0.225 e. The maximum atomic E-state index is 11.8. The molecule has 1 amide bonds. The molecular weight excluding hydrogens is 206 g/mol. The fraction of sp³-hybridized carbons (Fsp3) is 0.917. The van der Waals surface area contributed by atoms with Gasteiger partial charge in [-0.1, -0.05) is 13.8 Å². The number of rotatable bonds is 4. The third-order valence-electron chi connectivity index (χ3n) is 3.05. The Morgan fingerprint density at radius 3 is 2.87 bits per heavy atom. The summed E-state index contributed by atoms with van der Waals surface area (Å²) in [7, 11) is 0. The molecule has 0 aromatic heterocycles.